The topological polar surface area (TPSA) is 46.6 Å². The molecule has 1 fully saturated rings. The summed E-state index contributed by atoms with van der Waals surface area (Å²) >= 11 is 0. The van der Waals surface area contributed by atoms with Crippen molar-refractivity contribution in [3.05, 3.63) is 29.8 Å². The number of carbonyl (C=O) groups is 2. The van der Waals surface area contributed by atoms with Gasteiger partial charge in [-0.3, -0.25) is 9.59 Å². The van der Waals surface area contributed by atoms with Gasteiger partial charge in [0.15, 0.2) is 18.2 Å². The monoisotopic (exact) mass is 269 g/mol. The number of ketones is 1. The van der Waals surface area contributed by atoms with E-state index in [1.807, 2.05) is 0 Å². The van der Waals surface area contributed by atoms with E-state index in [4.69, 9.17) is 4.74 Å². The van der Waals surface area contributed by atoms with Crippen molar-refractivity contribution in [1.82, 2.24) is 4.90 Å². The van der Waals surface area contributed by atoms with E-state index >= 15 is 0 Å². The first-order chi connectivity index (χ1) is 9.06. The standard InChI is InChI=1S/C13H13F2NO3/c14-11-2-1-10(7-12(11)15)19-8-13(18)16-5-3-9(17)4-6-16/h1-2,7H,3-6,8H2. The second-order valence-electron chi connectivity index (χ2n) is 4.28. The molecule has 1 heterocycles. The average Bonchev–Trinajstić information content (AvgIpc) is 2.40. The minimum absolute atomic E-state index is 0.0975. The van der Waals surface area contributed by atoms with Gasteiger partial charge >= 0.3 is 0 Å². The molecular weight excluding hydrogens is 256 g/mol. The van der Waals surface area contributed by atoms with E-state index in [9.17, 15) is 18.4 Å². The number of likely N-dealkylation sites (tertiary alicyclic amines) is 1. The fourth-order valence-electron chi connectivity index (χ4n) is 1.81. The van der Waals surface area contributed by atoms with Gasteiger partial charge in [-0.15, -0.1) is 0 Å². The van der Waals surface area contributed by atoms with Crippen LogP contribution in [0.5, 0.6) is 5.75 Å². The number of nitrogens with zero attached hydrogens (tertiary/aromatic N) is 1. The van der Waals surface area contributed by atoms with Crippen LogP contribution in [0.4, 0.5) is 8.78 Å². The Morgan fingerprint density at radius 2 is 1.89 bits per heavy atom. The van der Waals surface area contributed by atoms with Gasteiger partial charge in [0.05, 0.1) is 0 Å². The highest BCUT2D eigenvalue weighted by Crippen LogP contribution is 2.15. The molecule has 1 aliphatic heterocycles. The molecule has 0 saturated carbocycles. The van der Waals surface area contributed by atoms with Crippen molar-refractivity contribution in [2.75, 3.05) is 19.7 Å². The van der Waals surface area contributed by atoms with Crippen molar-refractivity contribution in [3.63, 3.8) is 0 Å². The fourth-order valence-corrected chi connectivity index (χ4v) is 1.81. The Labute approximate surface area is 109 Å². The maximum Gasteiger partial charge on any atom is 0.260 e. The summed E-state index contributed by atoms with van der Waals surface area (Å²) in [5.74, 6) is -2.01. The number of hydrogen-bond acceptors (Lipinski definition) is 3. The van der Waals surface area contributed by atoms with Crippen molar-refractivity contribution in [1.29, 1.82) is 0 Å². The summed E-state index contributed by atoms with van der Waals surface area (Å²) in [6.07, 6.45) is 0.716. The average molecular weight is 269 g/mol. The number of Topliss-reactive ketones (excluding diaryl/α,β-unsaturated/α-hetero) is 1. The molecule has 1 aromatic carbocycles. The Bertz CT molecular complexity index is 495. The lowest BCUT2D eigenvalue weighted by molar-refractivity contribution is -0.136. The van der Waals surface area contributed by atoms with E-state index in [0.717, 1.165) is 12.1 Å². The molecule has 0 unspecified atom stereocenters. The number of halogens is 2. The van der Waals surface area contributed by atoms with Gasteiger partial charge in [-0.1, -0.05) is 0 Å². The molecule has 1 amide bonds. The minimum Gasteiger partial charge on any atom is -0.484 e. The molecule has 1 saturated heterocycles. The smallest absolute Gasteiger partial charge is 0.260 e. The summed E-state index contributed by atoms with van der Waals surface area (Å²) in [5.41, 5.74) is 0. The van der Waals surface area contributed by atoms with Crippen molar-refractivity contribution >= 4 is 11.7 Å². The summed E-state index contributed by atoms with van der Waals surface area (Å²) in [4.78, 5) is 24.3. The van der Waals surface area contributed by atoms with E-state index in [-0.39, 0.29) is 24.0 Å². The zero-order chi connectivity index (χ0) is 13.8. The first-order valence-corrected chi connectivity index (χ1v) is 5.93. The summed E-state index contributed by atoms with van der Waals surface area (Å²) in [6.45, 7) is 0.525. The van der Waals surface area contributed by atoms with Gasteiger partial charge in [-0.25, -0.2) is 8.78 Å². The van der Waals surface area contributed by atoms with Crippen LogP contribution in [0.3, 0.4) is 0 Å². The van der Waals surface area contributed by atoms with Gasteiger partial charge in [0.25, 0.3) is 5.91 Å². The maximum absolute atomic E-state index is 12.9. The first kappa shape index (κ1) is 13.5. The van der Waals surface area contributed by atoms with Gasteiger partial charge in [-0.2, -0.15) is 0 Å². The third-order valence-electron chi connectivity index (χ3n) is 2.93. The number of carbonyl (C=O) groups excluding carboxylic acids is 2. The third kappa shape index (κ3) is 3.49. The van der Waals surface area contributed by atoms with Crippen LogP contribution in [0.25, 0.3) is 0 Å². The first-order valence-electron chi connectivity index (χ1n) is 5.93. The third-order valence-corrected chi connectivity index (χ3v) is 2.93. The van der Waals surface area contributed by atoms with Crippen LogP contribution >= 0.6 is 0 Å². The molecule has 19 heavy (non-hydrogen) atoms. The van der Waals surface area contributed by atoms with Crippen LogP contribution in [0.1, 0.15) is 12.8 Å². The Kier molecular flexibility index (Phi) is 4.09. The van der Waals surface area contributed by atoms with Gasteiger partial charge in [-0.05, 0) is 12.1 Å². The molecule has 0 atom stereocenters. The lowest BCUT2D eigenvalue weighted by Gasteiger charge is -2.25. The van der Waals surface area contributed by atoms with Crippen LogP contribution < -0.4 is 4.74 Å². The molecular formula is C13H13F2NO3. The SMILES string of the molecule is O=C1CCN(C(=O)COc2ccc(F)c(F)c2)CC1. The Hall–Kier alpha value is -1.98. The Morgan fingerprint density at radius 1 is 1.21 bits per heavy atom. The van der Waals surface area contributed by atoms with Gasteiger partial charge in [0.2, 0.25) is 0 Å². The second-order valence-corrected chi connectivity index (χ2v) is 4.28. The zero-order valence-corrected chi connectivity index (χ0v) is 10.2. The van der Waals surface area contributed by atoms with E-state index in [0.29, 0.717) is 25.9 Å². The maximum atomic E-state index is 12.9. The summed E-state index contributed by atoms with van der Waals surface area (Å²) in [6, 6.07) is 3.09. The van der Waals surface area contributed by atoms with E-state index in [1.165, 1.54) is 11.0 Å². The molecule has 0 aliphatic carbocycles. The van der Waals surface area contributed by atoms with Crippen LogP contribution in [0.2, 0.25) is 0 Å². The van der Waals surface area contributed by atoms with Crippen LogP contribution in [-0.2, 0) is 9.59 Å². The summed E-state index contributed by atoms with van der Waals surface area (Å²) < 4.78 is 30.7. The van der Waals surface area contributed by atoms with E-state index < -0.39 is 11.6 Å². The molecule has 1 aromatic rings. The van der Waals surface area contributed by atoms with Crippen molar-refractivity contribution < 1.29 is 23.1 Å². The molecule has 0 bridgehead atoms. The highest BCUT2D eigenvalue weighted by Gasteiger charge is 2.20. The summed E-state index contributed by atoms with van der Waals surface area (Å²) in [7, 11) is 0. The molecule has 6 heteroatoms. The predicted octanol–water partition coefficient (Wildman–Crippen LogP) is 1.54. The number of benzene rings is 1. The minimum atomic E-state index is -1.02. The zero-order valence-electron chi connectivity index (χ0n) is 10.2. The lowest BCUT2D eigenvalue weighted by Crippen LogP contribution is -2.41. The quantitative estimate of drug-likeness (QED) is 0.836. The fraction of sp³-hybridized carbons (Fsp3) is 0.385. The molecule has 2 rings (SSSR count). The number of rotatable bonds is 3. The number of hydrogen-bond donors (Lipinski definition) is 0. The lowest BCUT2D eigenvalue weighted by atomic mass is 10.1. The van der Waals surface area contributed by atoms with E-state index in [1.54, 1.807) is 0 Å². The Balaban J connectivity index is 1.86. The van der Waals surface area contributed by atoms with Crippen molar-refractivity contribution in [3.8, 4) is 5.75 Å². The van der Waals surface area contributed by atoms with Gasteiger partial charge < -0.3 is 9.64 Å². The summed E-state index contributed by atoms with van der Waals surface area (Å²) in [5, 5.41) is 0. The van der Waals surface area contributed by atoms with E-state index in [2.05, 4.69) is 0 Å². The molecule has 0 radical (unpaired) electrons. The number of piperidine rings is 1. The molecule has 102 valence electrons. The van der Waals surface area contributed by atoms with Gasteiger partial charge in [0.1, 0.15) is 11.5 Å². The molecule has 1 aliphatic rings. The molecule has 0 spiro atoms. The predicted molar refractivity (Wildman–Crippen MR) is 62.7 cm³/mol. The largest absolute Gasteiger partial charge is 0.484 e. The number of ether oxygens (including phenoxy) is 1. The van der Waals surface area contributed by atoms with Crippen LogP contribution in [0.15, 0.2) is 18.2 Å². The second kappa shape index (κ2) is 5.77. The highest BCUT2D eigenvalue weighted by molar-refractivity contribution is 5.83. The molecule has 0 N–H and O–H groups in total. The Morgan fingerprint density at radius 3 is 2.53 bits per heavy atom. The van der Waals surface area contributed by atoms with Crippen LogP contribution in [0, 0.1) is 11.6 Å². The van der Waals surface area contributed by atoms with Crippen molar-refractivity contribution in [2.45, 2.75) is 12.8 Å². The highest BCUT2D eigenvalue weighted by atomic mass is 19.2. The van der Waals surface area contributed by atoms with Crippen LogP contribution in [-0.4, -0.2) is 36.3 Å². The number of amides is 1. The normalized spacial score (nSPS) is 15.5. The molecule has 0 aromatic heterocycles. The molecule has 4 nitrogen and oxygen atoms in total. The van der Waals surface area contributed by atoms with Crippen molar-refractivity contribution in [2.24, 2.45) is 0 Å². The van der Waals surface area contributed by atoms with Gasteiger partial charge in [0, 0.05) is 32.0 Å².